The van der Waals surface area contributed by atoms with E-state index in [9.17, 15) is 4.79 Å². The SMILES string of the molecule is N#CC1CC(=O)CCO1. The van der Waals surface area contributed by atoms with Crippen molar-refractivity contribution in [1.29, 1.82) is 5.26 Å². The maximum atomic E-state index is 10.6. The van der Waals surface area contributed by atoms with Crippen molar-refractivity contribution >= 4 is 5.78 Å². The van der Waals surface area contributed by atoms with Crippen LogP contribution in [-0.4, -0.2) is 18.5 Å². The molecule has 0 aromatic rings. The highest BCUT2D eigenvalue weighted by Gasteiger charge is 2.18. The van der Waals surface area contributed by atoms with Crippen LogP contribution >= 0.6 is 0 Å². The molecule has 1 atom stereocenters. The molecule has 0 bridgehead atoms. The molecular weight excluding hydrogens is 118 g/mol. The summed E-state index contributed by atoms with van der Waals surface area (Å²) in [7, 11) is 0. The van der Waals surface area contributed by atoms with Crippen molar-refractivity contribution < 1.29 is 9.53 Å². The summed E-state index contributed by atoms with van der Waals surface area (Å²) in [6.45, 7) is 0.414. The lowest BCUT2D eigenvalue weighted by Gasteiger charge is -2.14. The van der Waals surface area contributed by atoms with Crippen LogP contribution in [0.15, 0.2) is 0 Å². The Labute approximate surface area is 53.2 Å². The first-order chi connectivity index (χ1) is 4.33. The molecule has 1 heterocycles. The van der Waals surface area contributed by atoms with Crippen molar-refractivity contribution in [2.24, 2.45) is 0 Å². The minimum atomic E-state index is -0.480. The largest absolute Gasteiger partial charge is 0.362 e. The van der Waals surface area contributed by atoms with Gasteiger partial charge in [-0.05, 0) is 0 Å². The third-order valence-corrected chi connectivity index (χ3v) is 1.26. The van der Waals surface area contributed by atoms with Crippen molar-refractivity contribution in [3.63, 3.8) is 0 Å². The second kappa shape index (κ2) is 2.60. The molecule has 3 heteroatoms. The van der Waals surface area contributed by atoms with E-state index in [1.807, 2.05) is 6.07 Å². The normalized spacial score (nSPS) is 27.4. The predicted molar refractivity (Wildman–Crippen MR) is 29.6 cm³/mol. The van der Waals surface area contributed by atoms with E-state index in [0.717, 1.165) is 0 Å². The summed E-state index contributed by atoms with van der Waals surface area (Å²) in [6, 6.07) is 1.89. The number of carbonyl (C=O) groups excluding carboxylic acids is 1. The fourth-order valence-corrected chi connectivity index (χ4v) is 0.766. The van der Waals surface area contributed by atoms with Gasteiger partial charge >= 0.3 is 0 Å². The molecule has 1 fully saturated rings. The van der Waals surface area contributed by atoms with Gasteiger partial charge in [0.05, 0.1) is 12.7 Å². The number of nitrogens with zero attached hydrogens (tertiary/aromatic N) is 1. The summed E-state index contributed by atoms with van der Waals surface area (Å²) in [4.78, 5) is 10.6. The van der Waals surface area contributed by atoms with Crippen LogP contribution in [0.2, 0.25) is 0 Å². The van der Waals surface area contributed by atoms with Crippen LogP contribution in [0.25, 0.3) is 0 Å². The molecule has 48 valence electrons. The number of nitriles is 1. The van der Waals surface area contributed by atoms with Gasteiger partial charge in [0, 0.05) is 12.8 Å². The van der Waals surface area contributed by atoms with Gasteiger partial charge in [-0.3, -0.25) is 4.79 Å². The van der Waals surface area contributed by atoms with E-state index < -0.39 is 6.10 Å². The number of Topliss-reactive ketones (excluding diaryl/α,β-unsaturated/α-hetero) is 1. The average molecular weight is 125 g/mol. The van der Waals surface area contributed by atoms with Gasteiger partial charge in [-0.15, -0.1) is 0 Å². The van der Waals surface area contributed by atoms with E-state index in [-0.39, 0.29) is 12.2 Å². The van der Waals surface area contributed by atoms with E-state index in [2.05, 4.69) is 0 Å². The Bertz CT molecular complexity index is 159. The number of ketones is 1. The first-order valence-corrected chi connectivity index (χ1v) is 2.86. The summed E-state index contributed by atoms with van der Waals surface area (Å²) in [5.74, 6) is 0.132. The highest BCUT2D eigenvalue weighted by atomic mass is 16.5. The molecule has 0 saturated carbocycles. The van der Waals surface area contributed by atoms with Gasteiger partial charge in [0.15, 0.2) is 6.10 Å². The number of ether oxygens (including phenoxy) is 1. The van der Waals surface area contributed by atoms with E-state index >= 15 is 0 Å². The minimum Gasteiger partial charge on any atom is -0.362 e. The van der Waals surface area contributed by atoms with E-state index in [1.165, 1.54) is 0 Å². The summed E-state index contributed by atoms with van der Waals surface area (Å²) >= 11 is 0. The van der Waals surface area contributed by atoms with Crippen LogP contribution in [0.3, 0.4) is 0 Å². The number of carbonyl (C=O) groups is 1. The van der Waals surface area contributed by atoms with Gasteiger partial charge in [0.1, 0.15) is 5.78 Å². The van der Waals surface area contributed by atoms with Crippen LogP contribution in [0, 0.1) is 11.3 Å². The molecule has 1 aliphatic rings. The molecule has 0 radical (unpaired) electrons. The Balaban J connectivity index is 2.43. The maximum absolute atomic E-state index is 10.6. The zero-order valence-electron chi connectivity index (χ0n) is 4.96. The zero-order chi connectivity index (χ0) is 6.69. The molecule has 1 rings (SSSR count). The van der Waals surface area contributed by atoms with Crippen molar-refractivity contribution in [2.45, 2.75) is 18.9 Å². The van der Waals surface area contributed by atoms with Gasteiger partial charge < -0.3 is 4.74 Å². The molecule has 0 amide bonds. The van der Waals surface area contributed by atoms with Gasteiger partial charge in [-0.25, -0.2) is 0 Å². The topological polar surface area (TPSA) is 50.1 Å². The van der Waals surface area contributed by atoms with E-state index in [4.69, 9.17) is 10.00 Å². The highest BCUT2D eigenvalue weighted by molar-refractivity contribution is 5.79. The summed E-state index contributed by atoms with van der Waals surface area (Å²) in [5, 5.41) is 8.28. The monoisotopic (exact) mass is 125 g/mol. The predicted octanol–water partition coefficient (Wildman–Crippen LogP) is 0.258. The van der Waals surface area contributed by atoms with Gasteiger partial charge in [-0.2, -0.15) is 5.26 Å². The molecule has 3 nitrogen and oxygen atoms in total. The standard InChI is InChI=1S/C6H7NO2/c7-4-6-3-5(8)1-2-9-6/h6H,1-3H2. The second-order valence-corrected chi connectivity index (χ2v) is 1.98. The summed E-state index contributed by atoms with van der Waals surface area (Å²) < 4.78 is 4.92. The summed E-state index contributed by atoms with van der Waals surface area (Å²) in [6.07, 6.45) is 0.264. The first-order valence-electron chi connectivity index (χ1n) is 2.86. The Morgan fingerprint density at radius 3 is 3.00 bits per heavy atom. The Kier molecular flexibility index (Phi) is 1.81. The lowest BCUT2D eigenvalue weighted by atomic mass is 10.1. The second-order valence-electron chi connectivity index (χ2n) is 1.98. The van der Waals surface area contributed by atoms with Crippen molar-refractivity contribution in [1.82, 2.24) is 0 Å². The van der Waals surface area contributed by atoms with Crippen LogP contribution in [0.1, 0.15) is 12.8 Å². The fraction of sp³-hybridized carbons (Fsp3) is 0.667. The zero-order valence-corrected chi connectivity index (χ0v) is 4.96. The van der Waals surface area contributed by atoms with Gasteiger partial charge in [0.25, 0.3) is 0 Å². The molecule has 0 aromatic heterocycles. The third-order valence-electron chi connectivity index (χ3n) is 1.26. The Hall–Kier alpha value is -0.880. The lowest BCUT2D eigenvalue weighted by molar-refractivity contribution is -0.126. The smallest absolute Gasteiger partial charge is 0.150 e. The first kappa shape index (κ1) is 6.24. The van der Waals surface area contributed by atoms with Gasteiger partial charge in [-0.1, -0.05) is 0 Å². The van der Waals surface area contributed by atoms with Crippen LogP contribution in [-0.2, 0) is 9.53 Å². The quantitative estimate of drug-likeness (QED) is 0.466. The van der Waals surface area contributed by atoms with Crippen LogP contribution < -0.4 is 0 Å². The van der Waals surface area contributed by atoms with Crippen molar-refractivity contribution in [3.8, 4) is 6.07 Å². The molecule has 0 aromatic carbocycles. The Morgan fingerprint density at radius 1 is 1.78 bits per heavy atom. The molecule has 0 N–H and O–H groups in total. The molecule has 0 spiro atoms. The van der Waals surface area contributed by atoms with Crippen molar-refractivity contribution in [2.75, 3.05) is 6.61 Å². The summed E-state index contributed by atoms with van der Waals surface area (Å²) in [5.41, 5.74) is 0. The molecular formula is C6H7NO2. The van der Waals surface area contributed by atoms with E-state index in [1.54, 1.807) is 0 Å². The number of hydrogen-bond acceptors (Lipinski definition) is 3. The van der Waals surface area contributed by atoms with Crippen LogP contribution in [0.5, 0.6) is 0 Å². The third kappa shape index (κ3) is 1.51. The molecule has 1 unspecified atom stereocenters. The molecule has 0 aliphatic carbocycles. The Morgan fingerprint density at radius 2 is 2.56 bits per heavy atom. The van der Waals surface area contributed by atoms with Gasteiger partial charge in [0.2, 0.25) is 0 Å². The number of hydrogen-bond donors (Lipinski definition) is 0. The highest BCUT2D eigenvalue weighted by Crippen LogP contribution is 2.07. The molecule has 1 aliphatic heterocycles. The molecule has 1 saturated heterocycles. The van der Waals surface area contributed by atoms with Crippen LogP contribution in [0.4, 0.5) is 0 Å². The maximum Gasteiger partial charge on any atom is 0.150 e. The number of rotatable bonds is 0. The fourth-order valence-electron chi connectivity index (χ4n) is 0.766. The minimum absolute atomic E-state index is 0.132. The lowest BCUT2D eigenvalue weighted by Crippen LogP contribution is -2.23. The van der Waals surface area contributed by atoms with E-state index in [0.29, 0.717) is 13.0 Å². The average Bonchev–Trinajstić information content (AvgIpc) is 1.88. The van der Waals surface area contributed by atoms with Crippen molar-refractivity contribution in [3.05, 3.63) is 0 Å². The molecule has 9 heavy (non-hydrogen) atoms.